The summed E-state index contributed by atoms with van der Waals surface area (Å²) in [6.45, 7) is 6.11. The fourth-order valence-electron chi connectivity index (χ4n) is 2.71. The molecular weight excluding hydrogens is 262 g/mol. The number of nitrogens with zero attached hydrogens (tertiary/aromatic N) is 2. The molecule has 2 rings (SSSR count). The van der Waals surface area contributed by atoms with Gasteiger partial charge in [-0.05, 0) is 45.8 Å². The largest absolute Gasteiger partial charge is 0.386 e. The van der Waals surface area contributed by atoms with Gasteiger partial charge in [0.05, 0.1) is 5.02 Å². The molecule has 0 amide bonds. The van der Waals surface area contributed by atoms with Gasteiger partial charge in [-0.25, -0.2) is 4.98 Å². The molecule has 106 valence electrons. The number of nitrogen functional groups attached to an aromatic ring is 1. The fourth-order valence-corrected chi connectivity index (χ4v) is 2.87. The Hall–Kier alpha value is -0.840. The minimum Gasteiger partial charge on any atom is -0.386 e. The summed E-state index contributed by atoms with van der Waals surface area (Å²) in [7, 11) is 0. The molecule has 2 heterocycles. The van der Waals surface area contributed by atoms with Crippen LogP contribution in [0.25, 0.3) is 0 Å². The third kappa shape index (κ3) is 3.02. The number of hydrogen-bond acceptors (Lipinski definition) is 4. The quantitative estimate of drug-likeness (QED) is 0.895. The predicted octanol–water partition coefficient (Wildman–Crippen LogP) is 2.62. The molecule has 0 aromatic carbocycles. The summed E-state index contributed by atoms with van der Waals surface area (Å²) in [5.74, 6) is 0.349. The lowest BCUT2D eigenvalue weighted by Crippen LogP contribution is -2.50. The number of likely N-dealkylation sites (tertiary alicyclic amines) is 1. The standard InChI is InChI=1S/C14H22ClN3O/c1-14(2,18-6-4-3-5-7-18)12(19)11-8-10(15)9-17-13(11)16/h8-9,12,19H,3-7H2,1-2H3,(H2,16,17). The second-order valence-corrected chi connectivity index (χ2v) is 6.17. The highest BCUT2D eigenvalue weighted by Gasteiger charge is 2.37. The fraction of sp³-hybridized carbons (Fsp3) is 0.643. The van der Waals surface area contributed by atoms with Crippen LogP contribution in [0.2, 0.25) is 5.02 Å². The number of hydrogen-bond donors (Lipinski definition) is 2. The number of pyridine rings is 1. The number of rotatable bonds is 3. The van der Waals surface area contributed by atoms with E-state index in [4.69, 9.17) is 17.3 Å². The Morgan fingerprint density at radius 1 is 1.37 bits per heavy atom. The minimum absolute atomic E-state index is 0.349. The molecule has 1 aliphatic heterocycles. The number of aliphatic hydroxyl groups is 1. The third-order valence-electron chi connectivity index (χ3n) is 4.05. The molecule has 0 spiro atoms. The molecule has 1 aromatic heterocycles. The second-order valence-electron chi connectivity index (χ2n) is 5.73. The van der Waals surface area contributed by atoms with Crippen molar-refractivity contribution < 1.29 is 5.11 Å². The Kier molecular flexibility index (Phi) is 4.33. The monoisotopic (exact) mass is 283 g/mol. The van der Waals surface area contributed by atoms with Gasteiger partial charge in [0.15, 0.2) is 0 Å². The van der Waals surface area contributed by atoms with E-state index in [1.54, 1.807) is 6.07 Å². The number of aliphatic hydroxyl groups excluding tert-OH is 1. The van der Waals surface area contributed by atoms with Gasteiger partial charge in [-0.2, -0.15) is 0 Å². The molecule has 1 aromatic rings. The highest BCUT2D eigenvalue weighted by Crippen LogP contribution is 2.35. The average molecular weight is 284 g/mol. The maximum Gasteiger partial charge on any atom is 0.129 e. The Balaban J connectivity index is 2.25. The maximum absolute atomic E-state index is 10.7. The van der Waals surface area contributed by atoms with Crippen molar-refractivity contribution in [3.63, 3.8) is 0 Å². The summed E-state index contributed by atoms with van der Waals surface area (Å²) < 4.78 is 0. The van der Waals surface area contributed by atoms with Gasteiger partial charge < -0.3 is 10.8 Å². The maximum atomic E-state index is 10.7. The van der Waals surface area contributed by atoms with Crippen molar-refractivity contribution in [1.82, 2.24) is 9.88 Å². The van der Waals surface area contributed by atoms with Crippen molar-refractivity contribution in [3.05, 3.63) is 22.8 Å². The molecule has 1 aliphatic rings. The summed E-state index contributed by atoms with van der Waals surface area (Å²) >= 11 is 5.95. The van der Waals surface area contributed by atoms with Gasteiger partial charge in [0, 0.05) is 17.3 Å². The van der Waals surface area contributed by atoms with Crippen molar-refractivity contribution in [2.75, 3.05) is 18.8 Å². The molecule has 4 nitrogen and oxygen atoms in total. The summed E-state index contributed by atoms with van der Waals surface area (Å²) in [5.41, 5.74) is 6.11. The molecule has 1 unspecified atom stereocenters. The van der Waals surface area contributed by atoms with Crippen LogP contribution in [0.5, 0.6) is 0 Å². The molecule has 1 fully saturated rings. The number of halogens is 1. The van der Waals surface area contributed by atoms with E-state index < -0.39 is 6.10 Å². The van der Waals surface area contributed by atoms with E-state index in [2.05, 4.69) is 9.88 Å². The lowest BCUT2D eigenvalue weighted by molar-refractivity contribution is -0.0206. The SMILES string of the molecule is CC(C)(C(O)c1cc(Cl)cnc1N)N1CCCCC1. The molecule has 0 bridgehead atoms. The van der Waals surface area contributed by atoms with Crippen LogP contribution in [0.15, 0.2) is 12.3 Å². The molecule has 5 heteroatoms. The topological polar surface area (TPSA) is 62.4 Å². The van der Waals surface area contributed by atoms with Crippen LogP contribution in [0, 0.1) is 0 Å². The zero-order chi connectivity index (χ0) is 14.0. The van der Waals surface area contributed by atoms with Crippen LogP contribution in [0.1, 0.15) is 44.8 Å². The van der Waals surface area contributed by atoms with Crippen LogP contribution in [0.3, 0.4) is 0 Å². The molecule has 0 saturated carbocycles. The van der Waals surface area contributed by atoms with Gasteiger partial charge in [-0.15, -0.1) is 0 Å². The van der Waals surface area contributed by atoms with Gasteiger partial charge in [0.2, 0.25) is 0 Å². The Morgan fingerprint density at radius 2 is 2.00 bits per heavy atom. The van der Waals surface area contributed by atoms with E-state index in [0.29, 0.717) is 16.4 Å². The summed E-state index contributed by atoms with van der Waals surface area (Å²) in [6, 6.07) is 1.71. The number of aromatic nitrogens is 1. The van der Waals surface area contributed by atoms with Crippen molar-refractivity contribution in [2.24, 2.45) is 0 Å². The highest BCUT2D eigenvalue weighted by molar-refractivity contribution is 6.30. The molecule has 1 atom stereocenters. The second kappa shape index (κ2) is 5.65. The van der Waals surface area contributed by atoms with E-state index in [-0.39, 0.29) is 5.54 Å². The van der Waals surface area contributed by atoms with E-state index in [0.717, 1.165) is 13.1 Å². The molecule has 0 radical (unpaired) electrons. The lowest BCUT2D eigenvalue weighted by atomic mass is 9.88. The first kappa shape index (κ1) is 14.6. The van der Waals surface area contributed by atoms with Gasteiger partial charge in [0.25, 0.3) is 0 Å². The summed E-state index contributed by atoms with van der Waals surface area (Å²) in [5, 5.41) is 11.2. The third-order valence-corrected chi connectivity index (χ3v) is 4.26. The number of nitrogens with two attached hydrogens (primary N) is 1. The summed E-state index contributed by atoms with van der Waals surface area (Å²) in [6.07, 6.45) is 4.43. The zero-order valence-electron chi connectivity index (χ0n) is 11.6. The number of piperidine rings is 1. The van der Waals surface area contributed by atoms with Crippen LogP contribution in [0.4, 0.5) is 5.82 Å². The molecule has 3 N–H and O–H groups in total. The van der Waals surface area contributed by atoms with Crippen molar-refractivity contribution in [1.29, 1.82) is 0 Å². The van der Waals surface area contributed by atoms with E-state index in [9.17, 15) is 5.11 Å². The van der Waals surface area contributed by atoms with Crippen LogP contribution >= 0.6 is 11.6 Å². The first-order valence-electron chi connectivity index (χ1n) is 6.77. The zero-order valence-corrected chi connectivity index (χ0v) is 12.3. The van der Waals surface area contributed by atoms with Crippen LogP contribution < -0.4 is 5.73 Å². The van der Waals surface area contributed by atoms with Crippen LogP contribution in [-0.2, 0) is 0 Å². The van der Waals surface area contributed by atoms with Gasteiger partial charge in [0.1, 0.15) is 11.9 Å². The Bertz CT molecular complexity index is 444. The molecule has 1 saturated heterocycles. The van der Waals surface area contributed by atoms with Gasteiger partial charge in [-0.1, -0.05) is 18.0 Å². The van der Waals surface area contributed by atoms with Crippen LogP contribution in [-0.4, -0.2) is 33.6 Å². The summed E-state index contributed by atoms with van der Waals surface area (Å²) in [4.78, 5) is 6.35. The predicted molar refractivity (Wildman–Crippen MR) is 78.1 cm³/mol. The first-order valence-corrected chi connectivity index (χ1v) is 7.15. The molecule has 0 aliphatic carbocycles. The smallest absolute Gasteiger partial charge is 0.129 e. The Morgan fingerprint density at radius 3 is 2.63 bits per heavy atom. The van der Waals surface area contributed by atoms with E-state index in [1.807, 2.05) is 13.8 Å². The van der Waals surface area contributed by atoms with Crippen molar-refractivity contribution >= 4 is 17.4 Å². The minimum atomic E-state index is -0.697. The van der Waals surface area contributed by atoms with Gasteiger partial charge in [-0.3, -0.25) is 4.90 Å². The normalized spacial score (nSPS) is 19.4. The van der Waals surface area contributed by atoms with E-state index >= 15 is 0 Å². The van der Waals surface area contributed by atoms with Crippen molar-refractivity contribution in [3.8, 4) is 0 Å². The molecule has 19 heavy (non-hydrogen) atoms. The Labute approximate surface area is 119 Å². The first-order chi connectivity index (χ1) is 8.93. The highest BCUT2D eigenvalue weighted by atomic mass is 35.5. The molecular formula is C14H22ClN3O. The van der Waals surface area contributed by atoms with Gasteiger partial charge >= 0.3 is 0 Å². The average Bonchev–Trinajstić information content (AvgIpc) is 2.41. The van der Waals surface area contributed by atoms with Crippen molar-refractivity contribution in [2.45, 2.75) is 44.8 Å². The van der Waals surface area contributed by atoms with E-state index in [1.165, 1.54) is 25.5 Å². The number of anilines is 1. The lowest BCUT2D eigenvalue weighted by Gasteiger charge is -2.44.